The maximum absolute atomic E-state index is 6.09. The first-order chi connectivity index (χ1) is 16.1. The Kier molecular flexibility index (Phi) is 6.09. The minimum Gasteiger partial charge on any atom is -0.497 e. The minimum absolute atomic E-state index is 0.250. The van der Waals surface area contributed by atoms with Crippen LogP contribution in [-0.4, -0.2) is 23.5 Å². The van der Waals surface area contributed by atoms with Gasteiger partial charge in [0.05, 0.1) is 18.8 Å². The van der Waals surface area contributed by atoms with E-state index in [9.17, 15) is 0 Å². The van der Waals surface area contributed by atoms with Gasteiger partial charge in [0.15, 0.2) is 0 Å². The molecule has 3 heterocycles. The zero-order valence-corrected chi connectivity index (χ0v) is 20.5. The summed E-state index contributed by atoms with van der Waals surface area (Å²) in [5.41, 5.74) is 6.44. The Morgan fingerprint density at radius 1 is 1.09 bits per heavy atom. The normalized spacial score (nSPS) is 16.1. The second-order valence-corrected chi connectivity index (χ2v) is 9.87. The fraction of sp³-hybridized carbons (Fsp3) is 0.321. The van der Waals surface area contributed by atoms with E-state index in [0.29, 0.717) is 5.89 Å². The Balaban J connectivity index is 1.49. The molecule has 1 aliphatic heterocycles. The number of nitrogens with zero attached hydrogens (tertiary/aromatic N) is 2. The third-order valence-electron chi connectivity index (χ3n) is 6.66. The molecular weight excluding hydrogens is 428 g/mol. The Hall–Kier alpha value is -2.89. The van der Waals surface area contributed by atoms with Gasteiger partial charge < -0.3 is 9.15 Å². The van der Waals surface area contributed by atoms with Crippen LogP contribution >= 0.6 is 11.3 Å². The third-order valence-corrected chi connectivity index (χ3v) is 7.91. The van der Waals surface area contributed by atoms with Gasteiger partial charge in [-0.15, -0.1) is 11.3 Å². The fourth-order valence-corrected chi connectivity index (χ4v) is 6.41. The summed E-state index contributed by atoms with van der Waals surface area (Å²) in [5, 5.41) is 0. The molecule has 170 valence electrons. The number of rotatable bonds is 6. The van der Waals surface area contributed by atoms with Gasteiger partial charge >= 0.3 is 0 Å². The molecule has 4 aromatic rings. The van der Waals surface area contributed by atoms with E-state index < -0.39 is 0 Å². The van der Waals surface area contributed by atoms with Crippen LogP contribution in [0.4, 0.5) is 0 Å². The number of fused-ring (bicyclic) bond motifs is 1. The van der Waals surface area contributed by atoms with Crippen LogP contribution in [-0.2, 0) is 19.4 Å². The van der Waals surface area contributed by atoms with E-state index >= 15 is 0 Å². The molecular formula is C28H30N2O2S. The second kappa shape index (κ2) is 9.16. The van der Waals surface area contributed by atoms with Crippen LogP contribution in [0, 0.1) is 13.8 Å². The Morgan fingerprint density at radius 2 is 1.85 bits per heavy atom. The summed E-state index contributed by atoms with van der Waals surface area (Å²) in [4.78, 5) is 10.4. The van der Waals surface area contributed by atoms with Crippen LogP contribution in [0.2, 0.25) is 0 Å². The Labute approximate surface area is 199 Å². The molecule has 0 radical (unpaired) electrons. The second-order valence-electron chi connectivity index (χ2n) is 8.62. The molecule has 0 N–H and O–H groups in total. The molecule has 0 saturated carbocycles. The third kappa shape index (κ3) is 4.11. The van der Waals surface area contributed by atoms with E-state index in [2.05, 4.69) is 49.1 Å². The van der Waals surface area contributed by atoms with Crippen molar-refractivity contribution in [1.29, 1.82) is 0 Å². The zero-order chi connectivity index (χ0) is 22.9. The predicted molar refractivity (Wildman–Crippen MR) is 134 cm³/mol. The fourth-order valence-electron chi connectivity index (χ4n) is 4.95. The van der Waals surface area contributed by atoms with Crippen LogP contribution in [0.5, 0.6) is 5.75 Å². The molecule has 0 unspecified atom stereocenters. The zero-order valence-electron chi connectivity index (χ0n) is 19.7. The lowest BCUT2D eigenvalue weighted by Gasteiger charge is -2.36. The molecule has 33 heavy (non-hydrogen) atoms. The number of hydrogen-bond donors (Lipinski definition) is 0. The highest BCUT2D eigenvalue weighted by molar-refractivity contribution is 7.12. The minimum atomic E-state index is 0.250. The van der Waals surface area contributed by atoms with Crippen LogP contribution in [0.1, 0.15) is 50.9 Å². The lowest BCUT2D eigenvalue weighted by molar-refractivity contribution is 0.204. The van der Waals surface area contributed by atoms with Crippen LogP contribution < -0.4 is 4.74 Å². The first kappa shape index (κ1) is 21.9. The van der Waals surface area contributed by atoms with Crippen molar-refractivity contribution in [2.24, 2.45) is 0 Å². The summed E-state index contributed by atoms with van der Waals surface area (Å²) >= 11 is 1.97. The largest absolute Gasteiger partial charge is 0.497 e. The first-order valence-electron chi connectivity index (χ1n) is 11.6. The van der Waals surface area contributed by atoms with Crippen LogP contribution in [0.15, 0.2) is 59.0 Å². The number of benzene rings is 2. The summed E-state index contributed by atoms with van der Waals surface area (Å²) in [6.45, 7) is 8.35. The standard InChI is InChI=1S/C28H30N2O2S/c1-5-23-19(3)33-27-24(23)15-16-30(26(27)20-9-7-6-8-10-20)17-25-18(2)32-28(29-25)21-11-13-22(31-4)14-12-21/h6-14,26H,5,15-17H2,1-4H3/t26-/m0/s1. The van der Waals surface area contributed by atoms with E-state index in [1.807, 2.05) is 42.5 Å². The monoisotopic (exact) mass is 458 g/mol. The van der Waals surface area contributed by atoms with E-state index in [-0.39, 0.29) is 6.04 Å². The molecule has 0 bridgehead atoms. The van der Waals surface area contributed by atoms with Crippen molar-refractivity contribution in [2.75, 3.05) is 13.7 Å². The maximum Gasteiger partial charge on any atom is 0.226 e. The molecule has 2 aromatic carbocycles. The van der Waals surface area contributed by atoms with Gasteiger partial charge in [-0.2, -0.15) is 0 Å². The van der Waals surface area contributed by atoms with Crippen molar-refractivity contribution in [3.05, 3.63) is 92.5 Å². The van der Waals surface area contributed by atoms with E-state index in [0.717, 1.165) is 48.7 Å². The van der Waals surface area contributed by atoms with Crippen molar-refractivity contribution < 1.29 is 9.15 Å². The number of oxazole rings is 1. The molecule has 0 saturated heterocycles. The molecule has 4 nitrogen and oxygen atoms in total. The first-order valence-corrected chi connectivity index (χ1v) is 12.4. The molecule has 1 aliphatic rings. The number of aryl methyl sites for hydroxylation is 2. The SMILES string of the molecule is CCc1c(C)sc2c1CCN(Cc1nc(-c3ccc(OC)cc3)oc1C)[C@H]2c1ccccc1. The van der Waals surface area contributed by atoms with Crippen molar-refractivity contribution in [3.8, 4) is 17.2 Å². The van der Waals surface area contributed by atoms with Gasteiger partial charge in [0.1, 0.15) is 11.5 Å². The molecule has 1 atom stereocenters. The maximum atomic E-state index is 6.09. The van der Waals surface area contributed by atoms with Crippen LogP contribution in [0.25, 0.3) is 11.5 Å². The van der Waals surface area contributed by atoms with Gasteiger partial charge in [-0.1, -0.05) is 37.3 Å². The number of thiophene rings is 1. The molecule has 2 aromatic heterocycles. The molecule has 0 fully saturated rings. The topological polar surface area (TPSA) is 38.5 Å². The highest BCUT2D eigenvalue weighted by Crippen LogP contribution is 2.43. The summed E-state index contributed by atoms with van der Waals surface area (Å²) in [6.07, 6.45) is 2.20. The summed E-state index contributed by atoms with van der Waals surface area (Å²) in [5.74, 6) is 2.38. The average Bonchev–Trinajstić information content (AvgIpc) is 3.37. The molecule has 0 amide bonds. The lowest BCUT2D eigenvalue weighted by atomic mass is 9.91. The van der Waals surface area contributed by atoms with Crippen molar-refractivity contribution in [2.45, 2.75) is 46.2 Å². The van der Waals surface area contributed by atoms with Gasteiger partial charge in [-0.05, 0) is 67.6 Å². The van der Waals surface area contributed by atoms with E-state index in [1.54, 1.807) is 18.2 Å². The molecule has 5 rings (SSSR count). The average molecular weight is 459 g/mol. The summed E-state index contributed by atoms with van der Waals surface area (Å²) in [6, 6.07) is 19.0. The number of hydrogen-bond acceptors (Lipinski definition) is 5. The van der Waals surface area contributed by atoms with Crippen LogP contribution in [0.3, 0.4) is 0 Å². The Bertz CT molecular complexity index is 1240. The molecule has 0 spiro atoms. The van der Waals surface area contributed by atoms with E-state index in [1.165, 1.54) is 15.3 Å². The Morgan fingerprint density at radius 3 is 2.55 bits per heavy atom. The molecule has 5 heteroatoms. The van der Waals surface area contributed by atoms with Gasteiger partial charge in [-0.25, -0.2) is 4.98 Å². The number of aromatic nitrogens is 1. The van der Waals surface area contributed by atoms with Gasteiger partial charge in [0.2, 0.25) is 5.89 Å². The summed E-state index contributed by atoms with van der Waals surface area (Å²) in [7, 11) is 1.67. The smallest absolute Gasteiger partial charge is 0.226 e. The molecule has 0 aliphatic carbocycles. The van der Waals surface area contributed by atoms with Crippen molar-refractivity contribution in [3.63, 3.8) is 0 Å². The van der Waals surface area contributed by atoms with Gasteiger partial charge in [-0.3, -0.25) is 4.90 Å². The van der Waals surface area contributed by atoms with Gasteiger partial charge in [0.25, 0.3) is 0 Å². The van der Waals surface area contributed by atoms with Crippen molar-refractivity contribution in [1.82, 2.24) is 9.88 Å². The lowest BCUT2D eigenvalue weighted by Crippen LogP contribution is -2.35. The summed E-state index contributed by atoms with van der Waals surface area (Å²) < 4.78 is 11.4. The number of ether oxygens (including phenoxy) is 1. The highest BCUT2D eigenvalue weighted by Gasteiger charge is 2.33. The van der Waals surface area contributed by atoms with E-state index in [4.69, 9.17) is 14.1 Å². The quantitative estimate of drug-likeness (QED) is 0.321. The van der Waals surface area contributed by atoms with Gasteiger partial charge in [0, 0.05) is 28.4 Å². The highest BCUT2D eigenvalue weighted by atomic mass is 32.1. The van der Waals surface area contributed by atoms with Crippen molar-refractivity contribution >= 4 is 11.3 Å². The number of methoxy groups -OCH3 is 1. The predicted octanol–water partition coefficient (Wildman–Crippen LogP) is 6.74.